The second-order valence-electron chi connectivity index (χ2n) is 3.55. The third-order valence-corrected chi connectivity index (χ3v) is 2.23. The van der Waals surface area contributed by atoms with Crippen molar-refractivity contribution in [3.05, 3.63) is 23.8 Å². The highest BCUT2D eigenvalue weighted by Crippen LogP contribution is 2.22. The Bertz CT molecular complexity index is 395. The first kappa shape index (κ1) is 13.1. The third-order valence-electron chi connectivity index (χ3n) is 2.23. The molecule has 0 bridgehead atoms. The van der Waals surface area contributed by atoms with Gasteiger partial charge in [0.15, 0.2) is 0 Å². The molecule has 0 heterocycles. The van der Waals surface area contributed by atoms with Crippen molar-refractivity contribution < 1.29 is 19.7 Å². The summed E-state index contributed by atoms with van der Waals surface area (Å²) < 4.78 is 5.03. The van der Waals surface area contributed by atoms with Gasteiger partial charge in [0.05, 0.1) is 13.3 Å². The molecule has 0 aromatic heterocycles. The molecule has 1 rings (SSSR count). The Hall–Kier alpha value is -1.95. The van der Waals surface area contributed by atoms with E-state index in [2.05, 4.69) is 10.6 Å². The minimum absolute atomic E-state index is 0.140. The molecule has 1 aromatic rings. The number of phenols is 1. The number of ether oxygens (including phenoxy) is 1. The standard InChI is InChI=1S/C11H16N2O4/c1-7(13-11(15)16)12-6-8-5-9(17-2)3-4-10(8)14/h3-5,7,12-14H,6H2,1-2H3,(H,15,16). The molecule has 0 saturated carbocycles. The summed E-state index contributed by atoms with van der Waals surface area (Å²) in [5.41, 5.74) is 0.642. The van der Waals surface area contributed by atoms with E-state index in [0.29, 0.717) is 17.9 Å². The van der Waals surface area contributed by atoms with Gasteiger partial charge in [-0.3, -0.25) is 5.32 Å². The summed E-state index contributed by atoms with van der Waals surface area (Å²) >= 11 is 0. The fourth-order valence-electron chi connectivity index (χ4n) is 1.33. The summed E-state index contributed by atoms with van der Waals surface area (Å²) in [5.74, 6) is 0.777. The van der Waals surface area contributed by atoms with Gasteiger partial charge in [-0.25, -0.2) is 4.79 Å². The van der Waals surface area contributed by atoms with Gasteiger partial charge in [-0.2, -0.15) is 0 Å². The number of nitrogens with one attached hydrogen (secondary N) is 2. The normalized spacial score (nSPS) is 11.9. The van der Waals surface area contributed by atoms with Crippen molar-refractivity contribution in [1.82, 2.24) is 10.6 Å². The average molecular weight is 240 g/mol. The summed E-state index contributed by atoms with van der Waals surface area (Å²) in [6, 6.07) is 4.87. The third kappa shape index (κ3) is 4.20. The number of amides is 1. The fourth-order valence-corrected chi connectivity index (χ4v) is 1.33. The van der Waals surface area contributed by atoms with Crippen LogP contribution in [0.3, 0.4) is 0 Å². The molecule has 1 unspecified atom stereocenters. The Kier molecular flexibility index (Phi) is 4.59. The monoisotopic (exact) mass is 240 g/mol. The molecule has 6 heteroatoms. The first-order valence-electron chi connectivity index (χ1n) is 5.11. The van der Waals surface area contributed by atoms with E-state index in [0.717, 1.165) is 0 Å². The number of benzene rings is 1. The first-order chi connectivity index (χ1) is 8.02. The SMILES string of the molecule is COc1ccc(O)c(CNC(C)NC(=O)O)c1. The number of methoxy groups -OCH3 is 1. The van der Waals surface area contributed by atoms with E-state index in [9.17, 15) is 9.90 Å². The van der Waals surface area contributed by atoms with E-state index >= 15 is 0 Å². The van der Waals surface area contributed by atoms with Gasteiger partial charge >= 0.3 is 6.09 Å². The maximum atomic E-state index is 10.4. The number of rotatable bonds is 5. The van der Waals surface area contributed by atoms with Crippen LogP contribution in [0, 0.1) is 0 Å². The van der Waals surface area contributed by atoms with Gasteiger partial charge in [0.1, 0.15) is 11.5 Å². The molecule has 0 aliphatic rings. The molecule has 0 saturated heterocycles. The molecule has 0 aliphatic heterocycles. The molecule has 0 fully saturated rings. The van der Waals surface area contributed by atoms with Crippen molar-refractivity contribution in [2.45, 2.75) is 19.6 Å². The maximum absolute atomic E-state index is 10.4. The zero-order chi connectivity index (χ0) is 12.8. The van der Waals surface area contributed by atoms with Gasteiger partial charge in [-0.1, -0.05) is 0 Å². The second kappa shape index (κ2) is 5.95. The van der Waals surface area contributed by atoms with E-state index in [1.54, 1.807) is 19.1 Å². The van der Waals surface area contributed by atoms with Crippen molar-refractivity contribution in [3.63, 3.8) is 0 Å². The lowest BCUT2D eigenvalue weighted by Crippen LogP contribution is -2.42. The smallest absolute Gasteiger partial charge is 0.405 e. The minimum atomic E-state index is -1.10. The number of aromatic hydroxyl groups is 1. The lowest BCUT2D eigenvalue weighted by atomic mass is 10.2. The van der Waals surface area contributed by atoms with Gasteiger partial charge in [0, 0.05) is 12.1 Å². The van der Waals surface area contributed by atoms with Gasteiger partial charge in [-0.05, 0) is 25.1 Å². The number of carboxylic acid groups (broad SMARTS) is 1. The largest absolute Gasteiger partial charge is 0.508 e. The van der Waals surface area contributed by atoms with Crippen LogP contribution in [0.4, 0.5) is 4.79 Å². The number of hydrogen-bond donors (Lipinski definition) is 4. The van der Waals surface area contributed by atoms with Crippen molar-refractivity contribution >= 4 is 6.09 Å². The summed E-state index contributed by atoms with van der Waals surface area (Å²) in [7, 11) is 1.54. The minimum Gasteiger partial charge on any atom is -0.508 e. The molecule has 4 N–H and O–H groups in total. The van der Waals surface area contributed by atoms with Gasteiger partial charge in [-0.15, -0.1) is 0 Å². The second-order valence-corrected chi connectivity index (χ2v) is 3.55. The molecule has 0 radical (unpaired) electrons. The first-order valence-corrected chi connectivity index (χ1v) is 5.11. The summed E-state index contributed by atoms with van der Waals surface area (Å²) in [6.45, 7) is 2.01. The fraction of sp³-hybridized carbons (Fsp3) is 0.364. The molecule has 17 heavy (non-hydrogen) atoms. The van der Waals surface area contributed by atoms with Gasteiger partial charge in [0.2, 0.25) is 0 Å². The zero-order valence-corrected chi connectivity index (χ0v) is 9.73. The Labute approximate surface area is 99.2 Å². The van der Waals surface area contributed by atoms with E-state index in [1.165, 1.54) is 13.2 Å². The zero-order valence-electron chi connectivity index (χ0n) is 9.73. The van der Waals surface area contributed by atoms with E-state index in [4.69, 9.17) is 9.84 Å². The molecule has 94 valence electrons. The summed E-state index contributed by atoms with van der Waals surface area (Å²) in [4.78, 5) is 10.4. The predicted octanol–water partition coefficient (Wildman–Crippen LogP) is 1.10. The van der Waals surface area contributed by atoms with Crippen LogP contribution in [-0.2, 0) is 6.54 Å². The lowest BCUT2D eigenvalue weighted by Gasteiger charge is -2.14. The van der Waals surface area contributed by atoms with Crippen LogP contribution in [-0.4, -0.2) is 29.6 Å². The lowest BCUT2D eigenvalue weighted by molar-refractivity contribution is 0.188. The van der Waals surface area contributed by atoms with Crippen molar-refractivity contribution in [2.75, 3.05) is 7.11 Å². The Morgan fingerprint density at radius 1 is 1.53 bits per heavy atom. The van der Waals surface area contributed by atoms with Gasteiger partial charge in [0.25, 0.3) is 0 Å². The topological polar surface area (TPSA) is 90.8 Å². The highest BCUT2D eigenvalue weighted by atomic mass is 16.5. The molecule has 1 atom stereocenters. The van der Waals surface area contributed by atoms with Crippen LogP contribution in [0.15, 0.2) is 18.2 Å². The quantitative estimate of drug-likeness (QED) is 0.579. The highest BCUT2D eigenvalue weighted by molar-refractivity contribution is 5.64. The van der Waals surface area contributed by atoms with Gasteiger partial charge < -0.3 is 20.3 Å². The molecule has 0 spiro atoms. The van der Waals surface area contributed by atoms with Crippen LogP contribution < -0.4 is 15.4 Å². The highest BCUT2D eigenvalue weighted by Gasteiger charge is 2.07. The molecular formula is C11H16N2O4. The number of carbonyl (C=O) groups is 1. The van der Waals surface area contributed by atoms with Crippen LogP contribution in [0.25, 0.3) is 0 Å². The van der Waals surface area contributed by atoms with E-state index < -0.39 is 12.3 Å². The Balaban J connectivity index is 2.59. The maximum Gasteiger partial charge on any atom is 0.405 e. The van der Waals surface area contributed by atoms with E-state index in [-0.39, 0.29) is 5.75 Å². The number of hydrogen-bond acceptors (Lipinski definition) is 4. The molecule has 1 aromatic carbocycles. The van der Waals surface area contributed by atoms with Crippen molar-refractivity contribution in [3.8, 4) is 11.5 Å². The average Bonchev–Trinajstić information content (AvgIpc) is 2.27. The van der Waals surface area contributed by atoms with Crippen LogP contribution in [0.5, 0.6) is 11.5 Å². The van der Waals surface area contributed by atoms with Crippen molar-refractivity contribution in [1.29, 1.82) is 0 Å². The van der Waals surface area contributed by atoms with Crippen LogP contribution in [0.2, 0.25) is 0 Å². The summed E-state index contributed by atoms with van der Waals surface area (Å²) in [6.07, 6.45) is -1.50. The molecule has 0 aliphatic carbocycles. The summed E-state index contributed by atoms with van der Waals surface area (Å²) in [5, 5.41) is 23.3. The van der Waals surface area contributed by atoms with Crippen molar-refractivity contribution in [2.24, 2.45) is 0 Å². The Morgan fingerprint density at radius 3 is 2.82 bits per heavy atom. The molecular weight excluding hydrogens is 224 g/mol. The molecule has 6 nitrogen and oxygen atoms in total. The molecule has 1 amide bonds. The van der Waals surface area contributed by atoms with Crippen LogP contribution in [0.1, 0.15) is 12.5 Å². The Morgan fingerprint density at radius 2 is 2.24 bits per heavy atom. The predicted molar refractivity (Wildman–Crippen MR) is 62.1 cm³/mol. The number of phenolic OH excluding ortho intramolecular Hbond substituents is 1. The van der Waals surface area contributed by atoms with Crippen LogP contribution >= 0.6 is 0 Å². The van der Waals surface area contributed by atoms with E-state index in [1.807, 2.05) is 0 Å².